The molecule has 0 fully saturated rings. The Morgan fingerprint density at radius 2 is 1.95 bits per heavy atom. The molecule has 7 heteroatoms. The minimum absolute atomic E-state index is 0.235. The van der Waals surface area contributed by atoms with Gasteiger partial charge in [0.15, 0.2) is 0 Å². The van der Waals surface area contributed by atoms with E-state index in [-0.39, 0.29) is 11.4 Å². The lowest BCUT2D eigenvalue weighted by Crippen LogP contribution is -2.28. The summed E-state index contributed by atoms with van der Waals surface area (Å²) >= 11 is 0. The highest BCUT2D eigenvalue weighted by molar-refractivity contribution is 7.89. The Morgan fingerprint density at radius 3 is 2.50 bits per heavy atom. The lowest BCUT2D eigenvalue weighted by Gasteiger charge is -2.10. The Morgan fingerprint density at radius 1 is 1.23 bits per heavy atom. The summed E-state index contributed by atoms with van der Waals surface area (Å²) in [4.78, 5) is 0.235. The molecule has 0 saturated heterocycles. The van der Waals surface area contributed by atoms with Crippen molar-refractivity contribution in [1.29, 1.82) is 0 Å². The van der Waals surface area contributed by atoms with E-state index in [1.54, 1.807) is 23.9 Å². The Kier molecular flexibility index (Phi) is 4.87. The quantitative estimate of drug-likeness (QED) is 0.880. The van der Waals surface area contributed by atoms with Gasteiger partial charge >= 0.3 is 0 Å². The highest BCUT2D eigenvalue weighted by atomic mass is 32.2. The van der Waals surface area contributed by atoms with E-state index in [2.05, 4.69) is 9.82 Å². The predicted octanol–water partition coefficient (Wildman–Crippen LogP) is 1.80. The van der Waals surface area contributed by atoms with Gasteiger partial charge in [0.05, 0.1) is 24.2 Å². The van der Waals surface area contributed by atoms with Crippen molar-refractivity contribution in [2.75, 3.05) is 13.7 Å². The van der Waals surface area contributed by atoms with Crippen LogP contribution in [0.3, 0.4) is 0 Å². The number of aromatic nitrogens is 2. The standard InChI is InChI=1S/C15H21N3O3S/c1-11-9-14(5-6-15(11)21-4)22(19,20)16-7-8-18-13(3)10-12(2)17-18/h5-6,9-10,16H,7-8H2,1-4H3. The molecule has 0 unspecified atom stereocenters. The number of benzene rings is 1. The molecule has 0 aliphatic rings. The summed E-state index contributed by atoms with van der Waals surface area (Å²) in [7, 11) is -1.97. The average Bonchev–Trinajstić information content (AvgIpc) is 2.76. The maximum absolute atomic E-state index is 12.3. The molecule has 1 aromatic carbocycles. The highest BCUT2D eigenvalue weighted by Crippen LogP contribution is 2.21. The lowest BCUT2D eigenvalue weighted by atomic mass is 10.2. The van der Waals surface area contributed by atoms with Crippen LogP contribution in [-0.4, -0.2) is 31.9 Å². The average molecular weight is 323 g/mol. The first-order valence-electron chi connectivity index (χ1n) is 6.99. The van der Waals surface area contributed by atoms with E-state index < -0.39 is 10.0 Å². The number of ether oxygens (including phenoxy) is 1. The SMILES string of the molecule is COc1ccc(S(=O)(=O)NCCn2nc(C)cc2C)cc1C. The molecular weight excluding hydrogens is 302 g/mol. The van der Waals surface area contributed by atoms with Crippen molar-refractivity contribution in [3.05, 3.63) is 41.2 Å². The fourth-order valence-electron chi connectivity index (χ4n) is 2.29. The van der Waals surface area contributed by atoms with Crippen LogP contribution in [0, 0.1) is 20.8 Å². The second-order valence-corrected chi connectivity index (χ2v) is 6.95. The van der Waals surface area contributed by atoms with Crippen molar-refractivity contribution in [3.63, 3.8) is 0 Å². The Labute approximate surface area is 131 Å². The molecule has 0 amide bonds. The van der Waals surface area contributed by atoms with Crippen LogP contribution in [0.25, 0.3) is 0 Å². The van der Waals surface area contributed by atoms with Crippen molar-refractivity contribution in [2.45, 2.75) is 32.2 Å². The first-order chi connectivity index (χ1) is 10.3. The van der Waals surface area contributed by atoms with Gasteiger partial charge in [-0.3, -0.25) is 4.68 Å². The molecule has 0 radical (unpaired) electrons. The van der Waals surface area contributed by atoms with Crippen LogP contribution >= 0.6 is 0 Å². The van der Waals surface area contributed by atoms with E-state index >= 15 is 0 Å². The smallest absolute Gasteiger partial charge is 0.240 e. The number of nitrogens with one attached hydrogen (secondary N) is 1. The number of nitrogens with zero attached hydrogens (tertiary/aromatic N) is 2. The third-order valence-corrected chi connectivity index (χ3v) is 4.85. The number of hydrogen-bond acceptors (Lipinski definition) is 4. The van der Waals surface area contributed by atoms with Gasteiger partial charge in [-0.05, 0) is 50.6 Å². The number of sulfonamides is 1. The zero-order chi connectivity index (χ0) is 16.3. The molecule has 0 aliphatic carbocycles. The molecule has 0 saturated carbocycles. The summed E-state index contributed by atoms with van der Waals surface area (Å²) in [6, 6.07) is 6.76. The number of rotatable bonds is 6. The number of aryl methyl sites for hydroxylation is 3. The molecule has 0 aliphatic heterocycles. The van der Waals surface area contributed by atoms with Gasteiger partial charge in [0.1, 0.15) is 5.75 Å². The Hall–Kier alpha value is -1.86. The number of hydrogen-bond donors (Lipinski definition) is 1. The largest absolute Gasteiger partial charge is 0.496 e. The summed E-state index contributed by atoms with van der Waals surface area (Å²) in [6.45, 7) is 6.45. The lowest BCUT2D eigenvalue weighted by molar-refractivity contribution is 0.411. The minimum Gasteiger partial charge on any atom is -0.496 e. The van der Waals surface area contributed by atoms with Gasteiger partial charge in [-0.2, -0.15) is 5.10 Å². The maximum Gasteiger partial charge on any atom is 0.240 e. The second-order valence-electron chi connectivity index (χ2n) is 5.18. The monoisotopic (exact) mass is 323 g/mol. The summed E-state index contributed by atoms with van der Waals surface area (Å²) < 4.78 is 34.1. The van der Waals surface area contributed by atoms with Gasteiger partial charge in [-0.1, -0.05) is 0 Å². The van der Waals surface area contributed by atoms with E-state index in [0.29, 0.717) is 12.3 Å². The summed E-state index contributed by atoms with van der Waals surface area (Å²) in [6.07, 6.45) is 0. The first kappa shape index (κ1) is 16.5. The molecule has 6 nitrogen and oxygen atoms in total. The van der Waals surface area contributed by atoms with Crippen LogP contribution in [0.1, 0.15) is 17.0 Å². The normalized spacial score (nSPS) is 11.6. The second kappa shape index (κ2) is 6.50. The van der Waals surface area contributed by atoms with Gasteiger partial charge in [0.2, 0.25) is 10.0 Å². The van der Waals surface area contributed by atoms with Gasteiger partial charge in [-0.15, -0.1) is 0 Å². The molecule has 2 aromatic rings. The fourth-order valence-corrected chi connectivity index (χ4v) is 3.39. The van der Waals surface area contributed by atoms with Crippen LogP contribution < -0.4 is 9.46 Å². The molecule has 2 rings (SSSR count). The molecule has 120 valence electrons. The number of methoxy groups -OCH3 is 1. The van der Waals surface area contributed by atoms with Crippen molar-refractivity contribution in [1.82, 2.24) is 14.5 Å². The fraction of sp³-hybridized carbons (Fsp3) is 0.400. The molecule has 0 spiro atoms. The van der Waals surface area contributed by atoms with Gasteiger partial charge in [0.25, 0.3) is 0 Å². The van der Waals surface area contributed by atoms with Crippen molar-refractivity contribution in [3.8, 4) is 5.75 Å². The van der Waals surface area contributed by atoms with Gasteiger partial charge < -0.3 is 4.74 Å². The zero-order valence-corrected chi connectivity index (χ0v) is 14.1. The van der Waals surface area contributed by atoms with Crippen molar-refractivity contribution >= 4 is 10.0 Å². The van der Waals surface area contributed by atoms with Gasteiger partial charge in [-0.25, -0.2) is 13.1 Å². The topological polar surface area (TPSA) is 73.2 Å². The van der Waals surface area contributed by atoms with Crippen LogP contribution in [-0.2, 0) is 16.6 Å². The van der Waals surface area contributed by atoms with Gasteiger partial charge in [0, 0.05) is 12.2 Å². The molecule has 0 atom stereocenters. The summed E-state index contributed by atoms with van der Waals surface area (Å²) in [5.74, 6) is 0.668. The van der Waals surface area contributed by atoms with Crippen LogP contribution in [0.15, 0.2) is 29.2 Å². The van der Waals surface area contributed by atoms with Crippen molar-refractivity contribution in [2.24, 2.45) is 0 Å². The zero-order valence-electron chi connectivity index (χ0n) is 13.3. The van der Waals surface area contributed by atoms with E-state index in [4.69, 9.17) is 4.74 Å². The van der Waals surface area contributed by atoms with E-state index in [0.717, 1.165) is 17.0 Å². The Balaban J connectivity index is 2.05. The Bertz CT molecular complexity index is 766. The molecule has 1 aromatic heterocycles. The third kappa shape index (κ3) is 3.66. The van der Waals surface area contributed by atoms with Crippen LogP contribution in [0.4, 0.5) is 0 Å². The molecule has 1 N–H and O–H groups in total. The highest BCUT2D eigenvalue weighted by Gasteiger charge is 2.15. The van der Waals surface area contributed by atoms with Crippen molar-refractivity contribution < 1.29 is 13.2 Å². The summed E-state index contributed by atoms with van der Waals surface area (Å²) in [5, 5.41) is 4.30. The van der Waals surface area contributed by atoms with Crippen LogP contribution in [0.5, 0.6) is 5.75 Å². The van der Waals surface area contributed by atoms with E-state index in [1.807, 2.05) is 26.8 Å². The molecular formula is C15H21N3O3S. The summed E-state index contributed by atoms with van der Waals surface area (Å²) in [5.41, 5.74) is 2.71. The van der Waals surface area contributed by atoms with E-state index in [9.17, 15) is 8.42 Å². The molecule has 22 heavy (non-hydrogen) atoms. The predicted molar refractivity (Wildman–Crippen MR) is 84.6 cm³/mol. The third-order valence-electron chi connectivity index (χ3n) is 3.40. The minimum atomic E-state index is -3.53. The first-order valence-corrected chi connectivity index (χ1v) is 8.47. The maximum atomic E-state index is 12.3. The van der Waals surface area contributed by atoms with E-state index in [1.165, 1.54) is 6.07 Å². The molecule has 1 heterocycles. The molecule has 0 bridgehead atoms. The van der Waals surface area contributed by atoms with Crippen LogP contribution in [0.2, 0.25) is 0 Å².